The molecule has 0 radical (unpaired) electrons. The number of rotatable bonds is 10. The van der Waals surface area contributed by atoms with Gasteiger partial charge in [-0.15, -0.1) is 10.2 Å². The van der Waals surface area contributed by atoms with Crippen molar-refractivity contribution in [1.82, 2.24) is 20.4 Å². The van der Waals surface area contributed by atoms with Crippen molar-refractivity contribution in [3.63, 3.8) is 0 Å². The average molecular weight is 548 g/mol. The van der Waals surface area contributed by atoms with Gasteiger partial charge >= 0.3 is 5.97 Å². The minimum Gasteiger partial charge on any atom is -0.456 e. The maximum atomic E-state index is 12.2. The quantitative estimate of drug-likeness (QED) is 0.262. The molecule has 1 saturated heterocycles. The number of hydrogen-bond donors (Lipinski definition) is 2. The molecule has 1 aromatic carbocycles. The molecule has 0 spiro atoms. The van der Waals surface area contributed by atoms with Crippen molar-refractivity contribution >= 4 is 69.2 Å². The van der Waals surface area contributed by atoms with E-state index >= 15 is 0 Å². The molecule has 2 aromatic rings. The topological polar surface area (TPSA) is 123 Å². The number of anilines is 1. The van der Waals surface area contributed by atoms with Gasteiger partial charge in [0.2, 0.25) is 11.0 Å². The van der Waals surface area contributed by atoms with Gasteiger partial charge in [0.1, 0.15) is 0 Å². The molecule has 0 bridgehead atoms. The van der Waals surface area contributed by atoms with E-state index in [0.29, 0.717) is 34.1 Å². The van der Waals surface area contributed by atoms with E-state index in [2.05, 4.69) is 30.5 Å². The van der Waals surface area contributed by atoms with Crippen LogP contribution in [0.25, 0.3) is 0 Å². The van der Waals surface area contributed by atoms with Gasteiger partial charge in [0, 0.05) is 33.1 Å². The summed E-state index contributed by atoms with van der Waals surface area (Å²) in [5, 5.41) is 14.4. The third-order valence-corrected chi connectivity index (χ3v) is 7.24. The second-order valence-corrected chi connectivity index (χ2v) is 10.3. The molecular formula is C20H23Cl2N5O5S2. The number of benzene rings is 1. The first-order chi connectivity index (χ1) is 16.3. The average Bonchev–Trinajstić information content (AvgIpc) is 3.25. The van der Waals surface area contributed by atoms with Gasteiger partial charge in [-0.2, -0.15) is 0 Å². The third kappa shape index (κ3) is 9.01. The number of ether oxygens (including phenoxy) is 2. The summed E-state index contributed by atoms with van der Waals surface area (Å²) in [4.78, 5) is 36.9. The van der Waals surface area contributed by atoms with Crippen molar-refractivity contribution in [3.8, 4) is 0 Å². The SMILES string of the molecule is CC(=O)OCC(=O)Nc1nnc(SCC(=O)NCC2CN(Cc3ccc(Cl)c(Cl)c3)CCO2)s1. The summed E-state index contributed by atoms with van der Waals surface area (Å²) in [7, 11) is 0. The van der Waals surface area contributed by atoms with Crippen LogP contribution >= 0.6 is 46.3 Å². The van der Waals surface area contributed by atoms with Crippen molar-refractivity contribution < 1.29 is 23.9 Å². The molecule has 2 amide bonds. The van der Waals surface area contributed by atoms with E-state index in [1.54, 1.807) is 6.07 Å². The molecule has 3 rings (SSSR count). The molecule has 184 valence electrons. The minimum atomic E-state index is -0.549. The van der Waals surface area contributed by atoms with Gasteiger partial charge in [0.15, 0.2) is 10.9 Å². The molecule has 2 N–H and O–H groups in total. The molecule has 10 nitrogen and oxygen atoms in total. The molecule has 1 fully saturated rings. The summed E-state index contributed by atoms with van der Waals surface area (Å²) in [6.45, 7) is 3.98. The molecule has 1 unspecified atom stereocenters. The highest BCUT2D eigenvalue weighted by Crippen LogP contribution is 2.25. The number of morpholine rings is 1. The van der Waals surface area contributed by atoms with Crippen LogP contribution in [0.15, 0.2) is 22.5 Å². The van der Waals surface area contributed by atoms with E-state index in [0.717, 1.165) is 30.0 Å². The molecule has 1 aliphatic heterocycles. The van der Waals surface area contributed by atoms with Crippen LogP contribution in [-0.4, -0.2) is 77.6 Å². The van der Waals surface area contributed by atoms with E-state index < -0.39 is 18.5 Å². The Bertz CT molecular complexity index is 1020. The Labute approximate surface area is 214 Å². The number of halogens is 2. The normalized spacial score (nSPS) is 16.1. The summed E-state index contributed by atoms with van der Waals surface area (Å²) < 4.78 is 10.9. The van der Waals surface area contributed by atoms with Gasteiger partial charge in [0.05, 0.1) is 28.5 Å². The second-order valence-electron chi connectivity index (χ2n) is 7.27. The van der Waals surface area contributed by atoms with Crippen LogP contribution in [0, 0.1) is 0 Å². The van der Waals surface area contributed by atoms with Crippen LogP contribution in [-0.2, 0) is 30.4 Å². The van der Waals surface area contributed by atoms with Gasteiger partial charge in [-0.3, -0.25) is 24.6 Å². The highest BCUT2D eigenvalue weighted by Gasteiger charge is 2.21. The molecule has 0 saturated carbocycles. The van der Waals surface area contributed by atoms with Gasteiger partial charge in [-0.25, -0.2) is 0 Å². The van der Waals surface area contributed by atoms with Crippen molar-refractivity contribution in [2.75, 3.05) is 43.9 Å². The van der Waals surface area contributed by atoms with Gasteiger partial charge in [-0.05, 0) is 17.7 Å². The molecule has 1 aromatic heterocycles. The lowest BCUT2D eigenvalue weighted by molar-refractivity contribution is -0.144. The van der Waals surface area contributed by atoms with Crippen molar-refractivity contribution in [1.29, 1.82) is 0 Å². The van der Waals surface area contributed by atoms with E-state index in [1.165, 1.54) is 18.7 Å². The van der Waals surface area contributed by atoms with Gasteiger partial charge in [0.25, 0.3) is 5.91 Å². The lowest BCUT2D eigenvalue weighted by Gasteiger charge is -2.33. The zero-order valence-electron chi connectivity index (χ0n) is 18.2. The van der Waals surface area contributed by atoms with Crippen LogP contribution in [0.3, 0.4) is 0 Å². The van der Waals surface area contributed by atoms with Crippen LogP contribution in [0.1, 0.15) is 12.5 Å². The predicted molar refractivity (Wildman–Crippen MR) is 130 cm³/mol. The number of nitrogens with one attached hydrogen (secondary N) is 2. The number of carbonyl (C=O) groups is 3. The first-order valence-electron chi connectivity index (χ1n) is 10.2. The lowest BCUT2D eigenvalue weighted by Crippen LogP contribution is -2.47. The standard InChI is InChI=1S/C20H23Cl2N5O5S2/c1-12(28)32-10-17(29)24-19-25-26-20(34-19)33-11-18(30)23-7-14-9-27(4-5-31-14)8-13-2-3-15(21)16(22)6-13/h2-3,6,14H,4-5,7-11H2,1H3,(H,23,30)(H,24,25,29). The number of nitrogens with zero attached hydrogens (tertiary/aromatic N) is 3. The largest absolute Gasteiger partial charge is 0.456 e. The van der Waals surface area contributed by atoms with E-state index in [4.69, 9.17) is 27.9 Å². The van der Waals surface area contributed by atoms with Gasteiger partial charge < -0.3 is 14.8 Å². The first-order valence-corrected chi connectivity index (χ1v) is 12.8. The number of aromatic nitrogens is 2. The molecule has 1 aliphatic rings. The zero-order valence-corrected chi connectivity index (χ0v) is 21.4. The summed E-state index contributed by atoms with van der Waals surface area (Å²) in [5.74, 6) is -1.07. The Morgan fingerprint density at radius 2 is 2.09 bits per heavy atom. The number of amides is 2. The van der Waals surface area contributed by atoms with Crippen LogP contribution < -0.4 is 10.6 Å². The molecular weight excluding hydrogens is 525 g/mol. The summed E-state index contributed by atoms with van der Waals surface area (Å²) in [5.41, 5.74) is 1.06. The number of esters is 1. The van der Waals surface area contributed by atoms with Crippen molar-refractivity contribution in [2.45, 2.75) is 23.9 Å². The number of carbonyl (C=O) groups excluding carboxylic acids is 3. The third-order valence-electron chi connectivity index (χ3n) is 4.53. The smallest absolute Gasteiger partial charge is 0.303 e. The predicted octanol–water partition coefficient (Wildman–Crippen LogP) is 2.46. The second kappa shape index (κ2) is 13.2. The van der Waals surface area contributed by atoms with Crippen molar-refractivity contribution in [3.05, 3.63) is 33.8 Å². The van der Waals surface area contributed by atoms with Crippen LogP contribution in [0.2, 0.25) is 10.0 Å². The number of thioether (sulfide) groups is 1. The molecule has 0 aliphatic carbocycles. The Balaban J connectivity index is 1.36. The minimum absolute atomic E-state index is 0.119. The highest BCUT2D eigenvalue weighted by atomic mass is 35.5. The zero-order chi connectivity index (χ0) is 24.5. The van der Waals surface area contributed by atoms with E-state index in [-0.39, 0.29) is 22.9 Å². The molecule has 14 heteroatoms. The van der Waals surface area contributed by atoms with Gasteiger partial charge in [-0.1, -0.05) is 52.4 Å². The van der Waals surface area contributed by atoms with E-state index in [1.807, 2.05) is 12.1 Å². The first kappa shape index (κ1) is 26.6. The summed E-state index contributed by atoms with van der Waals surface area (Å²) >= 11 is 14.4. The summed E-state index contributed by atoms with van der Waals surface area (Å²) in [6, 6.07) is 5.59. The fourth-order valence-electron chi connectivity index (χ4n) is 2.99. The fraction of sp³-hybridized carbons (Fsp3) is 0.450. The van der Waals surface area contributed by atoms with E-state index in [9.17, 15) is 14.4 Å². The molecule has 34 heavy (non-hydrogen) atoms. The fourth-order valence-corrected chi connectivity index (χ4v) is 4.91. The van der Waals surface area contributed by atoms with Crippen LogP contribution in [0.4, 0.5) is 5.13 Å². The Morgan fingerprint density at radius 3 is 2.85 bits per heavy atom. The molecule has 2 heterocycles. The lowest BCUT2D eigenvalue weighted by atomic mass is 10.2. The Morgan fingerprint density at radius 1 is 1.26 bits per heavy atom. The Hall–Kier alpha value is -1.96. The summed E-state index contributed by atoms with van der Waals surface area (Å²) in [6.07, 6.45) is -0.119. The maximum absolute atomic E-state index is 12.2. The molecule has 1 atom stereocenters. The monoisotopic (exact) mass is 547 g/mol. The maximum Gasteiger partial charge on any atom is 0.303 e. The van der Waals surface area contributed by atoms with Crippen LogP contribution in [0.5, 0.6) is 0 Å². The number of hydrogen-bond acceptors (Lipinski definition) is 10. The highest BCUT2D eigenvalue weighted by molar-refractivity contribution is 8.01. The van der Waals surface area contributed by atoms with Crippen molar-refractivity contribution in [2.24, 2.45) is 0 Å². The Kier molecular flexibility index (Phi) is 10.4.